The lowest BCUT2D eigenvalue weighted by Gasteiger charge is -2.18. The van der Waals surface area contributed by atoms with Gasteiger partial charge in [0.05, 0.1) is 29.7 Å². The van der Waals surface area contributed by atoms with Gasteiger partial charge >= 0.3 is 0 Å². The number of rotatable bonds is 8. The molecule has 1 amide bonds. The molecule has 1 aromatic carbocycles. The number of amides is 1. The maximum atomic E-state index is 12.6. The van der Waals surface area contributed by atoms with E-state index in [9.17, 15) is 4.79 Å². The van der Waals surface area contributed by atoms with Gasteiger partial charge in [-0.3, -0.25) is 14.8 Å². The molecule has 0 saturated heterocycles. The Morgan fingerprint density at radius 2 is 1.96 bits per heavy atom. The maximum Gasteiger partial charge on any atom is 0.238 e. The Kier molecular flexibility index (Phi) is 6.65. The number of hydrogen-bond acceptors (Lipinski definition) is 4. The van der Waals surface area contributed by atoms with Crippen molar-refractivity contribution in [3.05, 3.63) is 69.2 Å². The first-order valence-electron chi connectivity index (χ1n) is 9.65. The Morgan fingerprint density at radius 3 is 2.54 bits per heavy atom. The van der Waals surface area contributed by atoms with Gasteiger partial charge in [-0.05, 0) is 42.8 Å². The smallest absolute Gasteiger partial charge is 0.238 e. The standard InChI is InChI=1S/C22H28N4OS/c1-5-7-17-9-11-18(12-10-17)22(19-8-6-13-28-19)23-14-20(27)24-21-15(2)25-26(4)16(21)3/h6,8-13,22-23H,5,7,14H2,1-4H3,(H,24,27)/t22-/m0/s1. The van der Waals surface area contributed by atoms with Crippen molar-refractivity contribution in [1.29, 1.82) is 0 Å². The van der Waals surface area contributed by atoms with Crippen LogP contribution in [0.15, 0.2) is 41.8 Å². The topological polar surface area (TPSA) is 59.0 Å². The van der Waals surface area contributed by atoms with Crippen molar-refractivity contribution in [1.82, 2.24) is 15.1 Å². The molecule has 0 aliphatic carbocycles. The van der Waals surface area contributed by atoms with E-state index >= 15 is 0 Å². The van der Waals surface area contributed by atoms with Crippen molar-refractivity contribution < 1.29 is 4.79 Å². The number of carbonyl (C=O) groups is 1. The SMILES string of the molecule is CCCc1ccc([C@H](NCC(=O)Nc2c(C)nn(C)c2C)c2cccs2)cc1. The van der Waals surface area contributed by atoms with Crippen LogP contribution in [-0.2, 0) is 18.3 Å². The van der Waals surface area contributed by atoms with Gasteiger partial charge in [-0.25, -0.2) is 0 Å². The third-order valence-electron chi connectivity index (χ3n) is 4.92. The van der Waals surface area contributed by atoms with E-state index in [1.165, 1.54) is 16.0 Å². The fourth-order valence-corrected chi connectivity index (χ4v) is 4.16. The average molecular weight is 397 g/mol. The molecule has 0 aliphatic heterocycles. The number of aromatic nitrogens is 2. The van der Waals surface area contributed by atoms with Gasteiger partial charge in [-0.2, -0.15) is 5.10 Å². The van der Waals surface area contributed by atoms with Gasteiger partial charge in [-0.1, -0.05) is 43.7 Å². The molecule has 0 saturated carbocycles. The molecule has 28 heavy (non-hydrogen) atoms. The van der Waals surface area contributed by atoms with Crippen LogP contribution < -0.4 is 10.6 Å². The summed E-state index contributed by atoms with van der Waals surface area (Å²) < 4.78 is 1.78. The number of thiophene rings is 1. The van der Waals surface area contributed by atoms with E-state index in [2.05, 4.69) is 58.4 Å². The zero-order valence-corrected chi connectivity index (χ0v) is 17.8. The second kappa shape index (κ2) is 9.17. The summed E-state index contributed by atoms with van der Waals surface area (Å²) in [6.45, 7) is 6.28. The zero-order chi connectivity index (χ0) is 20.1. The van der Waals surface area contributed by atoms with Gasteiger partial charge in [0.15, 0.2) is 0 Å². The van der Waals surface area contributed by atoms with Gasteiger partial charge in [0.25, 0.3) is 0 Å². The molecule has 6 heteroatoms. The Balaban J connectivity index is 1.71. The van der Waals surface area contributed by atoms with E-state index < -0.39 is 0 Å². The minimum absolute atomic E-state index is 0.00230. The number of carbonyl (C=O) groups excluding carboxylic acids is 1. The summed E-state index contributed by atoms with van der Waals surface area (Å²) >= 11 is 1.70. The van der Waals surface area contributed by atoms with E-state index in [4.69, 9.17) is 0 Å². The second-order valence-corrected chi connectivity index (χ2v) is 8.02. The van der Waals surface area contributed by atoms with E-state index in [1.807, 2.05) is 27.0 Å². The first-order chi connectivity index (χ1) is 13.5. The highest BCUT2D eigenvalue weighted by Crippen LogP contribution is 2.26. The molecular formula is C22H28N4OS. The van der Waals surface area contributed by atoms with Crippen molar-refractivity contribution in [3.8, 4) is 0 Å². The van der Waals surface area contributed by atoms with E-state index in [-0.39, 0.29) is 18.5 Å². The van der Waals surface area contributed by atoms with Crippen LogP contribution in [0.4, 0.5) is 5.69 Å². The predicted molar refractivity (Wildman–Crippen MR) is 116 cm³/mol. The molecule has 0 aliphatic rings. The van der Waals surface area contributed by atoms with Gasteiger partial charge in [-0.15, -0.1) is 11.3 Å². The van der Waals surface area contributed by atoms with Crippen LogP contribution in [0.1, 0.15) is 46.8 Å². The molecule has 3 aromatic rings. The first-order valence-corrected chi connectivity index (χ1v) is 10.5. The van der Waals surface area contributed by atoms with Crippen LogP contribution in [0, 0.1) is 13.8 Å². The van der Waals surface area contributed by atoms with Crippen LogP contribution in [0.3, 0.4) is 0 Å². The quantitative estimate of drug-likeness (QED) is 0.594. The minimum Gasteiger partial charge on any atom is -0.322 e. The first kappa shape index (κ1) is 20.3. The summed E-state index contributed by atoms with van der Waals surface area (Å²) in [5.41, 5.74) is 5.09. The molecule has 0 radical (unpaired) electrons. The molecule has 1 atom stereocenters. The van der Waals surface area contributed by atoms with Crippen molar-refractivity contribution in [2.45, 2.75) is 39.7 Å². The fourth-order valence-electron chi connectivity index (χ4n) is 3.34. The summed E-state index contributed by atoms with van der Waals surface area (Å²) in [4.78, 5) is 13.8. The highest BCUT2D eigenvalue weighted by molar-refractivity contribution is 7.10. The van der Waals surface area contributed by atoms with Crippen LogP contribution >= 0.6 is 11.3 Å². The predicted octanol–water partition coefficient (Wildman–Crippen LogP) is 4.37. The van der Waals surface area contributed by atoms with Crippen LogP contribution in [0.25, 0.3) is 0 Å². The lowest BCUT2D eigenvalue weighted by atomic mass is 10.0. The molecule has 0 bridgehead atoms. The third-order valence-corrected chi connectivity index (χ3v) is 5.86. The van der Waals surface area contributed by atoms with E-state index in [0.717, 1.165) is 29.9 Å². The monoisotopic (exact) mass is 396 g/mol. The Hall–Kier alpha value is -2.44. The van der Waals surface area contributed by atoms with Crippen molar-refractivity contribution in [2.75, 3.05) is 11.9 Å². The summed E-state index contributed by atoms with van der Waals surface area (Å²) in [6, 6.07) is 12.8. The lowest BCUT2D eigenvalue weighted by molar-refractivity contribution is -0.115. The van der Waals surface area contributed by atoms with Gasteiger partial charge in [0.1, 0.15) is 0 Å². The number of hydrogen-bond donors (Lipinski definition) is 2. The van der Waals surface area contributed by atoms with Crippen molar-refractivity contribution in [2.24, 2.45) is 7.05 Å². The van der Waals surface area contributed by atoms with Gasteiger partial charge < -0.3 is 5.32 Å². The molecule has 5 nitrogen and oxygen atoms in total. The average Bonchev–Trinajstić information content (AvgIpc) is 3.28. The zero-order valence-electron chi connectivity index (χ0n) is 17.0. The normalized spacial score (nSPS) is 12.1. The molecule has 2 heterocycles. The molecule has 3 rings (SSSR count). The third kappa shape index (κ3) is 4.69. The Labute approximate surface area is 170 Å². The minimum atomic E-state index is -0.0663. The number of aryl methyl sites for hydroxylation is 3. The van der Waals surface area contributed by atoms with Crippen molar-refractivity contribution in [3.63, 3.8) is 0 Å². The number of anilines is 1. The summed E-state index contributed by atoms with van der Waals surface area (Å²) in [6.07, 6.45) is 2.23. The molecule has 0 spiro atoms. The van der Waals surface area contributed by atoms with Crippen LogP contribution in [0.5, 0.6) is 0 Å². The highest BCUT2D eigenvalue weighted by Gasteiger charge is 2.18. The van der Waals surface area contributed by atoms with Crippen LogP contribution in [0.2, 0.25) is 0 Å². The second-order valence-electron chi connectivity index (χ2n) is 7.04. The maximum absolute atomic E-state index is 12.6. The summed E-state index contributed by atoms with van der Waals surface area (Å²) in [7, 11) is 1.88. The lowest BCUT2D eigenvalue weighted by Crippen LogP contribution is -2.31. The number of nitrogens with one attached hydrogen (secondary N) is 2. The number of benzene rings is 1. The van der Waals surface area contributed by atoms with E-state index in [1.54, 1.807) is 16.0 Å². The number of nitrogens with zero attached hydrogens (tertiary/aromatic N) is 2. The molecular weight excluding hydrogens is 368 g/mol. The Morgan fingerprint density at radius 1 is 1.21 bits per heavy atom. The van der Waals surface area contributed by atoms with E-state index in [0.29, 0.717) is 0 Å². The van der Waals surface area contributed by atoms with Crippen molar-refractivity contribution >= 4 is 22.9 Å². The summed E-state index contributed by atoms with van der Waals surface area (Å²) in [5, 5.41) is 12.8. The molecule has 2 aromatic heterocycles. The molecule has 0 fully saturated rings. The highest BCUT2D eigenvalue weighted by atomic mass is 32.1. The largest absolute Gasteiger partial charge is 0.322 e. The fraction of sp³-hybridized carbons (Fsp3) is 0.364. The summed E-state index contributed by atoms with van der Waals surface area (Å²) in [5.74, 6) is -0.0663. The van der Waals surface area contributed by atoms with Crippen LogP contribution in [-0.4, -0.2) is 22.2 Å². The molecule has 148 valence electrons. The molecule has 0 unspecified atom stereocenters. The molecule has 2 N–H and O–H groups in total. The van der Waals surface area contributed by atoms with Gasteiger partial charge in [0.2, 0.25) is 5.91 Å². The Bertz CT molecular complexity index is 913. The van der Waals surface area contributed by atoms with Gasteiger partial charge in [0, 0.05) is 11.9 Å².